The molecule has 0 radical (unpaired) electrons. The van der Waals surface area contributed by atoms with Gasteiger partial charge in [0.1, 0.15) is 5.52 Å². The van der Waals surface area contributed by atoms with E-state index in [1.807, 2.05) is 13.0 Å². The number of thiol groups is 1. The molecule has 0 bridgehead atoms. The Kier molecular flexibility index (Phi) is 3.45. The Bertz CT molecular complexity index is 519. The Hall–Kier alpha value is -1.00. The summed E-state index contributed by atoms with van der Waals surface area (Å²) in [6.07, 6.45) is 0. The molecular formula is C13H18N2OS. The van der Waals surface area contributed by atoms with Gasteiger partial charge in [-0.05, 0) is 17.7 Å². The van der Waals surface area contributed by atoms with Gasteiger partial charge in [-0.2, -0.15) is 12.6 Å². The lowest BCUT2D eigenvalue weighted by molar-refractivity contribution is 0.490. The van der Waals surface area contributed by atoms with Gasteiger partial charge < -0.3 is 9.73 Å². The zero-order chi connectivity index (χ0) is 12.5. The first-order valence-electron chi connectivity index (χ1n) is 5.72. The molecule has 0 saturated carbocycles. The van der Waals surface area contributed by atoms with Crippen molar-refractivity contribution in [3.8, 4) is 0 Å². The quantitative estimate of drug-likeness (QED) is 0.647. The molecular weight excluding hydrogens is 232 g/mol. The topological polar surface area (TPSA) is 38.1 Å². The Morgan fingerprint density at radius 3 is 2.88 bits per heavy atom. The summed E-state index contributed by atoms with van der Waals surface area (Å²) in [5.74, 6) is 1.40. The summed E-state index contributed by atoms with van der Waals surface area (Å²) in [7, 11) is 0. The number of oxazole rings is 1. The van der Waals surface area contributed by atoms with Crippen LogP contribution in [0.15, 0.2) is 22.6 Å². The number of aromatic nitrogens is 1. The van der Waals surface area contributed by atoms with Gasteiger partial charge in [-0.1, -0.05) is 19.9 Å². The first-order chi connectivity index (χ1) is 8.03. The number of hydrogen-bond donors (Lipinski definition) is 2. The number of aryl methyl sites for hydroxylation is 1. The van der Waals surface area contributed by atoms with E-state index < -0.39 is 0 Å². The van der Waals surface area contributed by atoms with Crippen molar-refractivity contribution in [2.75, 3.05) is 12.4 Å². The standard InChI is InChI=1S/C13H18N2OS/c1-9-15-11-6-10(4-5-12(11)16-9)13(2,3)7-14-8-17/h4-6,14,17H,7-8H2,1-3H3. The molecule has 1 aromatic carbocycles. The molecule has 4 heteroatoms. The van der Waals surface area contributed by atoms with Gasteiger partial charge in [0.15, 0.2) is 11.5 Å². The second-order valence-electron chi connectivity index (χ2n) is 4.88. The van der Waals surface area contributed by atoms with Crippen molar-refractivity contribution >= 4 is 23.7 Å². The average Bonchev–Trinajstić information content (AvgIpc) is 2.65. The van der Waals surface area contributed by atoms with Crippen molar-refractivity contribution in [2.24, 2.45) is 0 Å². The Morgan fingerprint density at radius 1 is 1.41 bits per heavy atom. The maximum atomic E-state index is 5.48. The molecule has 3 nitrogen and oxygen atoms in total. The second kappa shape index (κ2) is 4.70. The Morgan fingerprint density at radius 2 is 2.18 bits per heavy atom. The highest BCUT2D eigenvalue weighted by molar-refractivity contribution is 7.80. The predicted molar refractivity (Wildman–Crippen MR) is 73.6 cm³/mol. The average molecular weight is 250 g/mol. The fourth-order valence-corrected chi connectivity index (χ4v) is 2.05. The van der Waals surface area contributed by atoms with E-state index in [9.17, 15) is 0 Å². The SMILES string of the molecule is Cc1nc2cc(C(C)(C)CNCS)ccc2o1. The van der Waals surface area contributed by atoms with E-state index in [4.69, 9.17) is 4.42 Å². The lowest BCUT2D eigenvalue weighted by atomic mass is 9.84. The van der Waals surface area contributed by atoms with Crippen LogP contribution in [0.3, 0.4) is 0 Å². The van der Waals surface area contributed by atoms with E-state index in [2.05, 4.69) is 48.9 Å². The molecule has 1 N–H and O–H groups in total. The molecule has 1 aromatic heterocycles. The minimum absolute atomic E-state index is 0.0593. The molecule has 0 fully saturated rings. The van der Waals surface area contributed by atoms with Crippen LogP contribution >= 0.6 is 12.6 Å². The van der Waals surface area contributed by atoms with Crippen LogP contribution in [0.5, 0.6) is 0 Å². The first-order valence-corrected chi connectivity index (χ1v) is 6.35. The molecule has 0 aliphatic heterocycles. The van der Waals surface area contributed by atoms with Crippen LogP contribution < -0.4 is 5.32 Å². The van der Waals surface area contributed by atoms with Gasteiger partial charge in [-0.3, -0.25) is 0 Å². The number of nitrogens with one attached hydrogen (secondary N) is 1. The summed E-state index contributed by atoms with van der Waals surface area (Å²) in [4.78, 5) is 4.37. The van der Waals surface area contributed by atoms with Crippen LogP contribution in [0.25, 0.3) is 11.1 Å². The molecule has 17 heavy (non-hydrogen) atoms. The fourth-order valence-electron chi connectivity index (χ4n) is 1.93. The maximum Gasteiger partial charge on any atom is 0.192 e. The highest BCUT2D eigenvalue weighted by Gasteiger charge is 2.20. The van der Waals surface area contributed by atoms with Crippen LogP contribution in [-0.2, 0) is 5.41 Å². The number of benzene rings is 1. The van der Waals surface area contributed by atoms with E-state index >= 15 is 0 Å². The molecule has 92 valence electrons. The largest absolute Gasteiger partial charge is 0.441 e. The molecule has 0 unspecified atom stereocenters. The van der Waals surface area contributed by atoms with E-state index in [1.54, 1.807) is 0 Å². The van der Waals surface area contributed by atoms with Gasteiger partial charge in [-0.15, -0.1) is 0 Å². The molecule has 2 rings (SSSR count). The predicted octanol–water partition coefficient (Wildman–Crippen LogP) is 2.89. The van der Waals surface area contributed by atoms with Gasteiger partial charge in [-0.25, -0.2) is 4.98 Å². The normalized spacial score (nSPS) is 12.2. The number of fused-ring (bicyclic) bond motifs is 1. The van der Waals surface area contributed by atoms with Crippen LogP contribution in [0.2, 0.25) is 0 Å². The van der Waals surface area contributed by atoms with Crippen molar-refractivity contribution in [3.63, 3.8) is 0 Å². The third kappa shape index (κ3) is 2.64. The summed E-state index contributed by atoms with van der Waals surface area (Å²) in [5.41, 5.74) is 3.10. The van der Waals surface area contributed by atoms with Crippen LogP contribution in [0.4, 0.5) is 0 Å². The molecule has 0 aliphatic rings. The van der Waals surface area contributed by atoms with Crippen molar-refractivity contribution < 1.29 is 4.42 Å². The van der Waals surface area contributed by atoms with E-state index in [0.717, 1.165) is 17.6 Å². The zero-order valence-corrected chi connectivity index (χ0v) is 11.3. The Balaban J connectivity index is 2.34. The van der Waals surface area contributed by atoms with Gasteiger partial charge in [0, 0.05) is 24.8 Å². The minimum atomic E-state index is 0.0593. The lowest BCUT2D eigenvalue weighted by Crippen LogP contribution is -2.32. The van der Waals surface area contributed by atoms with Gasteiger partial charge in [0.25, 0.3) is 0 Å². The lowest BCUT2D eigenvalue weighted by Gasteiger charge is -2.25. The summed E-state index contributed by atoms with van der Waals surface area (Å²) in [5, 5.41) is 3.26. The highest BCUT2D eigenvalue weighted by atomic mass is 32.1. The van der Waals surface area contributed by atoms with Crippen molar-refractivity contribution in [1.29, 1.82) is 0 Å². The van der Waals surface area contributed by atoms with Crippen molar-refractivity contribution in [2.45, 2.75) is 26.2 Å². The molecule has 0 aliphatic carbocycles. The summed E-state index contributed by atoms with van der Waals surface area (Å²) < 4.78 is 5.48. The maximum absolute atomic E-state index is 5.48. The van der Waals surface area contributed by atoms with E-state index in [0.29, 0.717) is 11.8 Å². The first kappa shape index (κ1) is 12.5. The van der Waals surface area contributed by atoms with Gasteiger partial charge >= 0.3 is 0 Å². The summed E-state index contributed by atoms with van der Waals surface area (Å²) in [6, 6.07) is 6.20. The number of nitrogens with zero attached hydrogens (tertiary/aromatic N) is 1. The van der Waals surface area contributed by atoms with Crippen LogP contribution in [-0.4, -0.2) is 17.4 Å². The molecule has 2 aromatic rings. The van der Waals surface area contributed by atoms with E-state index in [1.165, 1.54) is 5.56 Å². The number of hydrogen-bond acceptors (Lipinski definition) is 4. The van der Waals surface area contributed by atoms with Crippen molar-refractivity contribution in [1.82, 2.24) is 10.3 Å². The third-order valence-electron chi connectivity index (χ3n) is 2.95. The molecule has 0 saturated heterocycles. The molecule has 0 spiro atoms. The van der Waals surface area contributed by atoms with Crippen LogP contribution in [0, 0.1) is 6.92 Å². The zero-order valence-electron chi connectivity index (χ0n) is 10.4. The van der Waals surface area contributed by atoms with Gasteiger partial charge in [0.2, 0.25) is 0 Å². The van der Waals surface area contributed by atoms with Gasteiger partial charge in [0.05, 0.1) is 0 Å². The third-order valence-corrected chi connectivity index (χ3v) is 3.18. The summed E-state index contributed by atoms with van der Waals surface area (Å²) in [6.45, 7) is 7.17. The molecule has 0 amide bonds. The molecule has 1 heterocycles. The fraction of sp³-hybridized carbons (Fsp3) is 0.462. The highest BCUT2D eigenvalue weighted by Crippen LogP contribution is 2.26. The van der Waals surface area contributed by atoms with Crippen molar-refractivity contribution in [3.05, 3.63) is 29.7 Å². The minimum Gasteiger partial charge on any atom is -0.441 e. The number of rotatable bonds is 4. The second-order valence-corrected chi connectivity index (χ2v) is 5.20. The molecule has 0 atom stereocenters. The smallest absolute Gasteiger partial charge is 0.192 e. The van der Waals surface area contributed by atoms with Crippen LogP contribution in [0.1, 0.15) is 25.3 Å². The van der Waals surface area contributed by atoms with E-state index in [-0.39, 0.29) is 5.41 Å². The Labute approximate surface area is 107 Å². The monoisotopic (exact) mass is 250 g/mol. The summed E-state index contributed by atoms with van der Waals surface area (Å²) >= 11 is 4.17.